The Balaban J connectivity index is 2.38. The highest BCUT2D eigenvalue weighted by atomic mass is 16.6. The molecule has 0 aliphatic carbocycles. The molecule has 0 radical (unpaired) electrons. The van der Waals surface area contributed by atoms with Crippen LogP contribution in [0.1, 0.15) is 17.0 Å². The molecule has 2 aromatic carbocycles. The van der Waals surface area contributed by atoms with Gasteiger partial charge in [0.05, 0.1) is 30.1 Å². The zero-order chi connectivity index (χ0) is 15.2. The minimum atomic E-state index is -0.571. The number of hydrogen-bond donors (Lipinski definition) is 0. The molecule has 2 rings (SSSR count). The highest BCUT2D eigenvalue weighted by molar-refractivity contribution is 5.50. The maximum Gasteiger partial charge on any atom is 0.277 e. The van der Waals surface area contributed by atoms with Gasteiger partial charge in [0.2, 0.25) is 0 Å². The van der Waals surface area contributed by atoms with Gasteiger partial charge in [-0.25, -0.2) is 0 Å². The molecule has 1 atom stereocenters. The van der Waals surface area contributed by atoms with E-state index < -0.39 is 10.8 Å². The number of methoxy groups -OCH3 is 1. The van der Waals surface area contributed by atoms with Crippen LogP contribution in [-0.2, 0) is 6.42 Å². The number of hydrogen-bond acceptors (Lipinski definition) is 4. The van der Waals surface area contributed by atoms with Crippen molar-refractivity contribution in [2.24, 2.45) is 0 Å². The van der Waals surface area contributed by atoms with Gasteiger partial charge in [-0.1, -0.05) is 30.3 Å². The topological polar surface area (TPSA) is 76.2 Å². The van der Waals surface area contributed by atoms with Gasteiger partial charge in [0, 0.05) is 5.56 Å². The molecule has 0 fully saturated rings. The number of nitro groups is 1. The Bertz CT molecular complexity index is 678. The van der Waals surface area contributed by atoms with Crippen molar-refractivity contribution in [1.82, 2.24) is 0 Å². The fourth-order valence-electron chi connectivity index (χ4n) is 2.18. The molecule has 0 aromatic heterocycles. The average molecular weight is 282 g/mol. The Labute approximate surface area is 122 Å². The van der Waals surface area contributed by atoms with E-state index in [1.807, 2.05) is 30.3 Å². The van der Waals surface area contributed by atoms with Crippen molar-refractivity contribution < 1.29 is 9.66 Å². The third-order valence-electron chi connectivity index (χ3n) is 3.25. The second-order valence-corrected chi connectivity index (χ2v) is 4.55. The Morgan fingerprint density at radius 2 is 2.00 bits per heavy atom. The predicted octanol–water partition coefficient (Wildman–Crippen LogP) is 3.45. The van der Waals surface area contributed by atoms with Crippen molar-refractivity contribution in [3.8, 4) is 11.8 Å². The lowest BCUT2D eigenvalue weighted by molar-refractivity contribution is -0.385. The van der Waals surface area contributed by atoms with Crippen molar-refractivity contribution in [3.63, 3.8) is 0 Å². The first kappa shape index (κ1) is 14.5. The van der Waals surface area contributed by atoms with Crippen LogP contribution in [0.25, 0.3) is 0 Å². The van der Waals surface area contributed by atoms with E-state index >= 15 is 0 Å². The minimum absolute atomic E-state index is 0.0863. The Kier molecular flexibility index (Phi) is 4.52. The first-order chi connectivity index (χ1) is 10.2. The van der Waals surface area contributed by atoms with Crippen LogP contribution in [-0.4, -0.2) is 12.0 Å². The van der Waals surface area contributed by atoms with Gasteiger partial charge in [-0.2, -0.15) is 5.26 Å². The zero-order valence-electron chi connectivity index (χ0n) is 11.5. The van der Waals surface area contributed by atoms with E-state index in [1.54, 1.807) is 12.1 Å². The van der Waals surface area contributed by atoms with Gasteiger partial charge in [-0.15, -0.1) is 0 Å². The van der Waals surface area contributed by atoms with Crippen molar-refractivity contribution >= 4 is 5.69 Å². The summed E-state index contributed by atoms with van der Waals surface area (Å²) in [6, 6.07) is 16.2. The molecule has 2 aromatic rings. The highest BCUT2D eigenvalue weighted by Gasteiger charge is 2.23. The second-order valence-electron chi connectivity index (χ2n) is 4.55. The summed E-state index contributed by atoms with van der Waals surface area (Å²) in [4.78, 5) is 10.7. The number of nitriles is 1. The molecule has 0 amide bonds. The van der Waals surface area contributed by atoms with Gasteiger partial charge in [0.1, 0.15) is 5.75 Å². The summed E-state index contributed by atoms with van der Waals surface area (Å²) in [5, 5.41) is 20.6. The van der Waals surface area contributed by atoms with Gasteiger partial charge < -0.3 is 4.74 Å². The van der Waals surface area contributed by atoms with Gasteiger partial charge in [0.15, 0.2) is 0 Å². The molecule has 0 heterocycles. The van der Waals surface area contributed by atoms with E-state index in [0.29, 0.717) is 17.7 Å². The van der Waals surface area contributed by atoms with Crippen LogP contribution in [0, 0.1) is 21.4 Å². The first-order valence-electron chi connectivity index (χ1n) is 6.41. The van der Waals surface area contributed by atoms with Gasteiger partial charge in [-0.05, 0) is 24.1 Å². The second kappa shape index (κ2) is 6.53. The Morgan fingerprint density at radius 3 is 2.57 bits per heavy atom. The Hall–Kier alpha value is -2.87. The van der Waals surface area contributed by atoms with Crippen LogP contribution in [0.4, 0.5) is 5.69 Å². The van der Waals surface area contributed by atoms with Gasteiger partial charge in [-0.3, -0.25) is 10.1 Å². The Morgan fingerprint density at radius 1 is 1.29 bits per heavy atom. The molecule has 5 heteroatoms. The van der Waals surface area contributed by atoms with Gasteiger partial charge >= 0.3 is 0 Å². The molecule has 0 saturated heterocycles. The largest absolute Gasteiger partial charge is 0.497 e. The molecule has 0 spiro atoms. The zero-order valence-corrected chi connectivity index (χ0v) is 11.5. The van der Waals surface area contributed by atoms with Crippen LogP contribution in [0.15, 0.2) is 48.5 Å². The molecule has 0 unspecified atom stereocenters. The number of nitrogens with zero attached hydrogens (tertiary/aromatic N) is 2. The first-order valence-corrected chi connectivity index (χ1v) is 6.41. The number of ether oxygens (including phenoxy) is 1. The number of rotatable bonds is 5. The summed E-state index contributed by atoms with van der Waals surface area (Å²) in [7, 11) is 1.45. The minimum Gasteiger partial charge on any atom is -0.497 e. The number of benzene rings is 2. The molecule has 0 aliphatic rings. The molecule has 0 saturated carbocycles. The lowest BCUT2D eigenvalue weighted by Crippen LogP contribution is -2.05. The van der Waals surface area contributed by atoms with Crippen LogP contribution in [0.3, 0.4) is 0 Å². The quantitative estimate of drug-likeness (QED) is 0.621. The third-order valence-corrected chi connectivity index (χ3v) is 3.25. The molecule has 106 valence electrons. The summed E-state index contributed by atoms with van der Waals surface area (Å²) in [6.07, 6.45) is 0.435. The summed E-state index contributed by atoms with van der Waals surface area (Å²) in [6.45, 7) is 0. The lowest BCUT2D eigenvalue weighted by Gasteiger charge is -2.11. The maximum absolute atomic E-state index is 11.2. The molecular weight excluding hydrogens is 268 g/mol. The van der Waals surface area contributed by atoms with Crippen LogP contribution in [0.5, 0.6) is 5.75 Å². The standard InChI is InChI=1S/C16H14N2O3/c1-21-14-7-8-15(16(10-14)18(19)20)13(11-17)9-12-5-3-2-4-6-12/h2-8,10,13H,9H2,1H3/t13-/m0/s1. The predicted molar refractivity (Wildman–Crippen MR) is 78.1 cm³/mol. The summed E-state index contributed by atoms with van der Waals surface area (Å²) in [5.41, 5.74) is 1.29. The molecule has 0 N–H and O–H groups in total. The summed E-state index contributed by atoms with van der Waals surface area (Å²) in [5.74, 6) is -0.166. The van der Waals surface area contributed by atoms with E-state index in [0.717, 1.165) is 5.56 Å². The molecule has 0 bridgehead atoms. The SMILES string of the molecule is COc1ccc([C@H](C#N)Cc2ccccc2)c([N+](=O)[O-])c1. The fourth-order valence-corrected chi connectivity index (χ4v) is 2.18. The highest BCUT2D eigenvalue weighted by Crippen LogP contribution is 2.32. The lowest BCUT2D eigenvalue weighted by atomic mass is 9.92. The average Bonchev–Trinajstić information content (AvgIpc) is 2.53. The fraction of sp³-hybridized carbons (Fsp3) is 0.188. The molecule has 0 aliphatic heterocycles. The number of nitro benzene ring substituents is 1. The van der Waals surface area contributed by atoms with Crippen molar-refractivity contribution in [2.45, 2.75) is 12.3 Å². The smallest absolute Gasteiger partial charge is 0.277 e. The van der Waals surface area contributed by atoms with E-state index in [1.165, 1.54) is 13.2 Å². The molecule has 21 heavy (non-hydrogen) atoms. The summed E-state index contributed by atoms with van der Waals surface area (Å²) >= 11 is 0. The molecule has 5 nitrogen and oxygen atoms in total. The monoisotopic (exact) mass is 282 g/mol. The maximum atomic E-state index is 11.2. The van der Waals surface area contributed by atoms with Crippen molar-refractivity contribution in [3.05, 3.63) is 69.8 Å². The van der Waals surface area contributed by atoms with Crippen molar-refractivity contribution in [1.29, 1.82) is 5.26 Å². The summed E-state index contributed by atoms with van der Waals surface area (Å²) < 4.78 is 5.00. The van der Waals surface area contributed by atoms with Crippen molar-refractivity contribution in [2.75, 3.05) is 7.11 Å². The third kappa shape index (κ3) is 3.37. The van der Waals surface area contributed by atoms with E-state index in [4.69, 9.17) is 4.74 Å². The van der Waals surface area contributed by atoms with E-state index in [2.05, 4.69) is 6.07 Å². The van der Waals surface area contributed by atoms with Crippen LogP contribution >= 0.6 is 0 Å². The van der Waals surface area contributed by atoms with Crippen LogP contribution in [0.2, 0.25) is 0 Å². The van der Waals surface area contributed by atoms with E-state index in [9.17, 15) is 15.4 Å². The van der Waals surface area contributed by atoms with Crippen LogP contribution < -0.4 is 4.74 Å². The van der Waals surface area contributed by atoms with Gasteiger partial charge in [0.25, 0.3) is 5.69 Å². The normalized spacial score (nSPS) is 11.4. The van der Waals surface area contributed by atoms with E-state index in [-0.39, 0.29) is 5.69 Å². The molecular formula is C16H14N2O3.